The molecule has 132 valence electrons. The first-order valence-electron chi connectivity index (χ1n) is 9.54. The van der Waals surface area contributed by atoms with E-state index in [9.17, 15) is 4.79 Å². The number of hydrogen-bond acceptors (Lipinski definition) is 4. The number of nitrogens with one attached hydrogen (secondary N) is 1. The second-order valence-electron chi connectivity index (χ2n) is 7.52. The third kappa shape index (κ3) is 3.64. The van der Waals surface area contributed by atoms with E-state index >= 15 is 0 Å². The fourth-order valence-corrected chi connectivity index (χ4v) is 4.27. The molecular weight excluding hydrogens is 302 g/mol. The Hall–Kier alpha value is -1.40. The average Bonchev–Trinajstić information content (AvgIpc) is 3.19. The zero-order valence-corrected chi connectivity index (χ0v) is 14.5. The first-order chi connectivity index (χ1) is 11.8. The van der Waals surface area contributed by atoms with Crippen LogP contribution in [0.2, 0.25) is 0 Å². The Morgan fingerprint density at radius 1 is 1.21 bits per heavy atom. The van der Waals surface area contributed by atoms with Gasteiger partial charge in [-0.25, -0.2) is 0 Å². The van der Waals surface area contributed by atoms with Crippen molar-refractivity contribution in [3.63, 3.8) is 0 Å². The van der Waals surface area contributed by atoms with Crippen LogP contribution < -0.4 is 5.32 Å². The maximum Gasteiger partial charge on any atom is 0.222 e. The molecule has 0 radical (unpaired) electrons. The molecule has 6 heteroatoms. The van der Waals surface area contributed by atoms with E-state index in [1.165, 1.54) is 43.7 Å². The number of piperidine rings is 1. The normalized spacial score (nSPS) is 23.0. The summed E-state index contributed by atoms with van der Waals surface area (Å²) in [5, 5.41) is 8.15. The third-order valence-electron chi connectivity index (χ3n) is 5.79. The minimum absolute atomic E-state index is 0.366. The SMILES string of the molecule is O=C1CCCN1CCC1CCN(Cc2cc3n(n2)CCNC3)CC1. The van der Waals surface area contributed by atoms with Crippen LogP contribution >= 0.6 is 0 Å². The van der Waals surface area contributed by atoms with Crippen LogP contribution in [0.1, 0.15) is 43.5 Å². The summed E-state index contributed by atoms with van der Waals surface area (Å²) in [5.41, 5.74) is 2.54. The highest BCUT2D eigenvalue weighted by molar-refractivity contribution is 5.77. The molecule has 0 spiro atoms. The van der Waals surface area contributed by atoms with Gasteiger partial charge in [0.2, 0.25) is 5.91 Å². The van der Waals surface area contributed by atoms with E-state index in [0.717, 1.165) is 58.0 Å². The predicted molar refractivity (Wildman–Crippen MR) is 92.4 cm³/mol. The summed E-state index contributed by atoms with van der Waals surface area (Å²) in [4.78, 5) is 16.3. The van der Waals surface area contributed by atoms with Gasteiger partial charge in [0.15, 0.2) is 0 Å². The first-order valence-corrected chi connectivity index (χ1v) is 9.54. The van der Waals surface area contributed by atoms with Crippen LogP contribution in [0.15, 0.2) is 6.07 Å². The van der Waals surface area contributed by atoms with Gasteiger partial charge in [0, 0.05) is 39.1 Å². The predicted octanol–water partition coefficient (Wildman–Crippen LogP) is 1.21. The molecule has 0 aliphatic carbocycles. The highest BCUT2D eigenvalue weighted by atomic mass is 16.2. The maximum absolute atomic E-state index is 11.7. The molecule has 4 heterocycles. The van der Waals surface area contributed by atoms with Gasteiger partial charge < -0.3 is 10.2 Å². The number of carbonyl (C=O) groups excluding carboxylic acids is 1. The molecule has 0 atom stereocenters. The van der Waals surface area contributed by atoms with Crippen LogP contribution in [0.5, 0.6) is 0 Å². The smallest absolute Gasteiger partial charge is 0.222 e. The number of carbonyl (C=O) groups is 1. The summed E-state index contributed by atoms with van der Waals surface area (Å²) < 4.78 is 2.16. The lowest BCUT2D eigenvalue weighted by atomic mass is 9.93. The molecule has 1 amide bonds. The van der Waals surface area contributed by atoms with Crippen molar-refractivity contribution in [3.05, 3.63) is 17.5 Å². The molecule has 24 heavy (non-hydrogen) atoms. The van der Waals surface area contributed by atoms with Crippen molar-refractivity contribution in [1.29, 1.82) is 0 Å². The number of likely N-dealkylation sites (tertiary alicyclic amines) is 2. The zero-order chi connectivity index (χ0) is 16.4. The molecule has 3 aliphatic heterocycles. The quantitative estimate of drug-likeness (QED) is 0.881. The fourth-order valence-electron chi connectivity index (χ4n) is 4.27. The van der Waals surface area contributed by atoms with Gasteiger partial charge in [-0.1, -0.05) is 0 Å². The van der Waals surface area contributed by atoms with Crippen molar-refractivity contribution >= 4 is 5.91 Å². The molecule has 1 N–H and O–H groups in total. The Morgan fingerprint density at radius 2 is 2.08 bits per heavy atom. The Labute approximate surface area is 144 Å². The second-order valence-corrected chi connectivity index (χ2v) is 7.52. The van der Waals surface area contributed by atoms with Crippen molar-refractivity contribution in [1.82, 2.24) is 24.9 Å². The van der Waals surface area contributed by atoms with E-state index in [1.54, 1.807) is 0 Å². The number of hydrogen-bond donors (Lipinski definition) is 1. The molecule has 2 fully saturated rings. The molecule has 6 nitrogen and oxygen atoms in total. The summed E-state index contributed by atoms with van der Waals surface area (Å²) >= 11 is 0. The van der Waals surface area contributed by atoms with Gasteiger partial charge in [-0.2, -0.15) is 5.10 Å². The molecule has 1 aromatic heterocycles. The number of nitrogens with zero attached hydrogens (tertiary/aromatic N) is 4. The van der Waals surface area contributed by atoms with Gasteiger partial charge >= 0.3 is 0 Å². The minimum Gasteiger partial charge on any atom is -0.343 e. The van der Waals surface area contributed by atoms with E-state index in [4.69, 9.17) is 5.10 Å². The topological polar surface area (TPSA) is 53.4 Å². The van der Waals surface area contributed by atoms with Crippen LogP contribution in [-0.4, -0.2) is 58.2 Å². The summed E-state index contributed by atoms with van der Waals surface area (Å²) in [5.74, 6) is 1.15. The standard InChI is InChI=1S/C18H29N5O/c24-18-2-1-7-22(18)10-5-15-3-8-21(9-4-15)14-16-12-17-13-19-6-11-23(17)20-16/h12,15,19H,1-11,13-14H2. The summed E-state index contributed by atoms with van der Waals surface area (Å²) in [6.07, 6.45) is 5.53. The highest BCUT2D eigenvalue weighted by Gasteiger charge is 2.24. The third-order valence-corrected chi connectivity index (χ3v) is 5.79. The number of aromatic nitrogens is 2. The molecule has 0 bridgehead atoms. The van der Waals surface area contributed by atoms with Gasteiger partial charge in [-0.05, 0) is 50.8 Å². The van der Waals surface area contributed by atoms with Crippen LogP contribution in [0.25, 0.3) is 0 Å². The van der Waals surface area contributed by atoms with Crippen molar-refractivity contribution in [2.45, 2.75) is 51.7 Å². The number of amides is 1. The van der Waals surface area contributed by atoms with Crippen LogP contribution in [0, 0.1) is 5.92 Å². The zero-order valence-electron chi connectivity index (χ0n) is 14.5. The average molecular weight is 331 g/mol. The van der Waals surface area contributed by atoms with Gasteiger partial charge in [0.05, 0.1) is 17.9 Å². The lowest BCUT2D eigenvalue weighted by molar-refractivity contribution is -0.127. The van der Waals surface area contributed by atoms with E-state index in [2.05, 4.69) is 25.9 Å². The first kappa shape index (κ1) is 16.1. The molecule has 3 aliphatic rings. The minimum atomic E-state index is 0.366. The van der Waals surface area contributed by atoms with Crippen LogP contribution in [0.4, 0.5) is 0 Å². The number of rotatable bonds is 5. The van der Waals surface area contributed by atoms with Crippen molar-refractivity contribution in [3.8, 4) is 0 Å². The lowest BCUT2D eigenvalue weighted by Gasteiger charge is -2.32. The Bertz CT molecular complexity index is 552. The summed E-state index contributed by atoms with van der Waals surface area (Å²) in [7, 11) is 0. The van der Waals surface area contributed by atoms with Crippen LogP contribution in [-0.2, 0) is 24.4 Å². The Balaban J connectivity index is 1.21. The molecule has 4 rings (SSSR count). The molecule has 0 aromatic carbocycles. The Kier molecular flexibility index (Phi) is 4.85. The summed E-state index contributed by atoms with van der Waals surface area (Å²) in [6.45, 7) is 8.24. The maximum atomic E-state index is 11.7. The van der Waals surface area contributed by atoms with Crippen LogP contribution in [0.3, 0.4) is 0 Å². The van der Waals surface area contributed by atoms with Gasteiger partial charge in [0.25, 0.3) is 0 Å². The second kappa shape index (κ2) is 7.23. The van der Waals surface area contributed by atoms with Gasteiger partial charge in [-0.3, -0.25) is 14.4 Å². The fraction of sp³-hybridized carbons (Fsp3) is 0.778. The summed E-state index contributed by atoms with van der Waals surface area (Å²) in [6, 6.07) is 2.26. The van der Waals surface area contributed by atoms with E-state index in [1.807, 2.05) is 0 Å². The Morgan fingerprint density at radius 3 is 2.83 bits per heavy atom. The van der Waals surface area contributed by atoms with Gasteiger partial charge in [0.1, 0.15) is 0 Å². The van der Waals surface area contributed by atoms with E-state index < -0.39 is 0 Å². The molecular formula is C18H29N5O. The molecule has 2 saturated heterocycles. The van der Waals surface area contributed by atoms with Gasteiger partial charge in [-0.15, -0.1) is 0 Å². The monoisotopic (exact) mass is 331 g/mol. The van der Waals surface area contributed by atoms with Crippen molar-refractivity contribution in [2.75, 3.05) is 32.7 Å². The highest BCUT2D eigenvalue weighted by Crippen LogP contribution is 2.23. The lowest BCUT2D eigenvalue weighted by Crippen LogP contribution is -2.35. The van der Waals surface area contributed by atoms with E-state index in [-0.39, 0.29) is 0 Å². The molecule has 0 saturated carbocycles. The number of fused-ring (bicyclic) bond motifs is 1. The van der Waals surface area contributed by atoms with Crippen molar-refractivity contribution < 1.29 is 4.79 Å². The molecule has 1 aromatic rings. The van der Waals surface area contributed by atoms with E-state index in [0.29, 0.717) is 5.91 Å². The molecule has 0 unspecified atom stereocenters. The van der Waals surface area contributed by atoms with Crippen molar-refractivity contribution in [2.24, 2.45) is 5.92 Å². The largest absolute Gasteiger partial charge is 0.343 e.